The number of nitriles is 1. The summed E-state index contributed by atoms with van der Waals surface area (Å²) in [7, 11) is 1.45. The topological polar surface area (TPSA) is 114 Å². The molecule has 37 heavy (non-hydrogen) atoms. The van der Waals surface area contributed by atoms with Crippen LogP contribution < -0.4 is 10.2 Å². The predicted molar refractivity (Wildman–Crippen MR) is 144 cm³/mol. The number of amides is 3. The fourth-order valence-corrected chi connectivity index (χ4v) is 5.53. The van der Waals surface area contributed by atoms with Crippen LogP contribution >= 0.6 is 0 Å². The van der Waals surface area contributed by atoms with E-state index in [4.69, 9.17) is 5.26 Å². The zero-order valence-corrected chi connectivity index (χ0v) is 22.2. The van der Waals surface area contributed by atoms with Gasteiger partial charge in [0.1, 0.15) is 12.3 Å². The highest BCUT2D eigenvalue weighted by molar-refractivity contribution is 6.67. The van der Waals surface area contributed by atoms with Gasteiger partial charge in [0.05, 0.1) is 11.1 Å². The number of carbonyl (C=O) groups is 4. The zero-order valence-electron chi connectivity index (χ0n) is 22.2. The lowest BCUT2D eigenvalue weighted by Crippen LogP contribution is -2.48. The number of likely N-dealkylation sites (N-methyl/N-ethyl adjacent to an activating group) is 1. The van der Waals surface area contributed by atoms with Crippen molar-refractivity contribution in [2.45, 2.75) is 58.2 Å². The summed E-state index contributed by atoms with van der Waals surface area (Å²) in [6, 6.07) is 4.29. The van der Waals surface area contributed by atoms with Crippen LogP contribution in [0.15, 0.2) is 18.2 Å². The molecule has 0 bridgehead atoms. The van der Waals surface area contributed by atoms with Crippen molar-refractivity contribution < 1.29 is 19.2 Å². The summed E-state index contributed by atoms with van der Waals surface area (Å²) in [4.78, 5) is 55.1. The second-order valence-electron chi connectivity index (χ2n) is 9.72. The highest BCUT2D eigenvalue weighted by Crippen LogP contribution is 2.31. The van der Waals surface area contributed by atoms with Crippen LogP contribution in [0, 0.1) is 17.1 Å². The van der Waals surface area contributed by atoms with Gasteiger partial charge in [-0.25, -0.2) is 5.26 Å². The van der Waals surface area contributed by atoms with Crippen LogP contribution in [0.1, 0.15) is 60.2 Å². The molecule has 0 aromatic heterocycles. The molecule has 2 fully saturated rings. The van der Waals surface area contributed by atoms with Crippen LogP contribution in [-0.4, -0.2) is 86.3 Å². The predicted octanol–water partition coefficient (Wildman–Crippen LogP) is 2.49. The van der Waals surface area contributed by atoms with E-state index in [1.165, 1.54) is 7.05 Å². The summed E-state index contributed by atoms with van der Waals surface area (Å²) in [5.41, 5.74) is 1.50. The molecule has 9 nitrogen and oxygen atoms in total. The molecule has 3 aliphatic heterocycles. The van der Waals surface area contributed by atoms with Crippen molar-refractivity contribution in [2.75, 3.05) is 44.7 Å². The molecule has 1 N–H and O–H groups in total. The summed E-state index contributed by atoms with van der Waals surface area (Å²) >= 11 is 0. The standard InChI is InChI=1S/C25H32BN5O4.C2H6/c1-28-23(33)22(3-2-14-32)31-24(34)20-5-4-19(15-21(20)25(31)35)30-12-10-29(11-13-30)16-18-6-8-26(17-27)9-7-18;1-2/h4-5,14-15,18,22H,2-3,6-13,16H2,1H3,(H,28,33);1-2H3. The minimum Gasteiger partial charge on any atom is -0.369 e. The van der Waals surface area contributed by atoms with Gasteiger partial charge >= 0.3 is 0 Å². The number of hydrogen-bond acceptors (Lipinski definition) is 7. The van der Waals surface area contributed by atoms with Crippen molar-refractivity contribution in [2.24, 2.45) is 5.92 Å². The first kappa shape index (κ1) is 28.4. The van der Waals surface area contributed by atoms with Crippen LogP contribution in [0.3, 0.4) is 0 Å². The quantitative estimate of drug-likeness (QED) is 0.327. The average Bonchev–Trinajstić information content (AvgIpc) is 3.19. The van der Waals surface area contributed by atoms with E-state index in [9.17, 15) is 19.2 Å². The lowest BCUT2D eigenvalue weighted by molar-refractivity contribution is -0.124. The highest BCUT2D eigenvalue weighted by atomic mass is 16.2. The van der Waals surface area contributed by atoms with E-state index in [1.54, 1.807) is 12.1 Å². The van der Waals surface area contributed by atoms with Gasteiger partial charge in [0, 0.05) is 57.8 Å². The fourth-order valence-electron chi connectivity index (χ4n) is 5.53. The van der Waals surface area contributed by atoms with E-state index in [0.29, 0.717) is 23.3 Å². The Kier molecular flexibility index (Phi) is 10.3. The second-order valence-corrected chi connectivity index (χ2v) is 9.72. The van der Waals surface area contributed by atoms with Gasteiger partial charge in [-0.2, -0.15) is 0 Å². The Balaban J connectivity index is 0.00000186. The Morgan fingerprint density at radius 3 is 2.38 bits per heavy atom. The molecule has 0 spiro atoms. The normalized spacial score (nSPS) is 19.0. The van der Waals surface area contributed by atoms with Gasteiger partial charge in [0.2, 0.25) is 5.91 Å². The zero-order chi connectivity index (χ0) is 26.9. The molecular formula is C27H38BN5O4. The number of rotatable bonds is 8. The Bertz CT molecular complexity index is 1030. The van der Waals surface area contributed by atoms with Gasteiger partial charge in [-0.1, -0.05) is 39.3 Å². The number of piperazine rings is 1. The van der Waals surface area contributed by atoms with Gasteiger partial charge in [-0.15, -0.1) is 0 Å². The van der Waals surface area contributed by atoms with Crippen LogP contribution in [0.4, 0.5) is 5.69 Å². The third-order valence-electron chi connectivity index (χ3n) is 7.60. The maximum atomic E-state index is 13.2. The van der Waals surface area contributed by atoms with Gasteiger partial charge in [-0.3, -0.25) is 24.2 Å². The van der Waals surface area contributed by atoms with E-state index < -0.39 is 23.8 Å². The number of anilines is 1. The Hall–Kier alpha value is -3.19. The molecule has 3 amide bonds. The fraction of sp³-hybridized carbons (Fsp3) is 0.593. The molecule has 198 valence electrons. The van der Waals surface area contributed by atoms with Crippen LogP contribution in [0.2, 0.25) is 12.6 Å². The molecule has 3 heterocycles. The van der Waals surface area contributed by atoms with Crippen molar-refractivity contribution in [1.82, 2.24) is 15.1 Å². The summed E-state index contributed by atoms with van der Waals surface area (Å²) in [6.45, 7) is 8.82. The number of carbonyl (C=O) groups excluding carboxylic acids is 4. The molecule has 4 rings (SSSR count). The third kappa shape index (κ3) is 6.39. The number of nitrogens with one attached hydrogen (secondary N) is 1. The number of benzene rings is 1. The van der Waals surface area contributed by atoms with E-state index >= 15 is 0 Å². The molecule has 1 unspecified atom stereocenters. The van der Waals surface area contributed by atoms with Crippen molar-refractivity contribution in [1.29, 1.82) is 5.26 Å². The smallest absolute Gasteiger partial charge is 0.267 e. The van der Waals surface area contributed by atoms with Crippen molar-refractivity contribution >= 4 is 36.4 Å². The summed E-state index contributed by atoms with van der Waals surface area (Å²) in [6.07, 6.45) is 5.14. The highest BCUT2D eigenvalue weighted by Gasteiger charge is 2.42. The summed E-state index contributed by atoms with van der Waals surface area (Å²) in [5, 5.41) is 11.6. The largest absolute Gasteiger partial charge is 0.369 e. The van der Waals surface area contributed by atoms with Crippen LogP contribution in [-0.2, 0) is 9.59 Å². The van der Waals surface area contributed by atoms with Crippen LogP contribution in [0.5, 0.6) is 0 Å². The number of fused-ring (bicyclic) bond motifs is 1. The molecule has 10 heteroatoms. The van der Waals surface area contributed by atoms with Crippen molar-refractivity contribution in [3.63, 3.8) is 0 Å². The first-order valence-electron chi connectivity index (χ1n) is 13.5. The summed E-state index contributed by atoms with van der Waals surface area (Å²) < 4.78 is 0. The monoisotopic (exact) mass is 507 g/mol. The lowest BCUT2D eigenvalue weighted by Gasteiger charge is -2.38. The van der Waals surface area contributed by atoms with E-state index in [1.807, 2.05) is 19.9 Å². The van der Waals surface area contributed by atoms with E-state index in [0.717, 1.165) is 68.8 Å². The number of imide groups is 1. The molecule has 0 saturated carbocycles. The van der Waals surface area contributed by atoms with Gasteiger partial charge in [-0.05, 0) is 30.5 Å². The Labute approximate surface area is 220 Å². The van der Waals surface area contributed by atoms with Gasteiger partial charge in [0.15, 0.2) is 0 Å². The minimum absolute atomic E-state index is 0.0841. The Morgan fingerprint density at radius 2 is 1.78 bits per heavy atom. The SMILES string of the molecule is CC.CNC(=O)C(CCC=O)N1C(=O)c2ccc(N3CCN(CC4CCB(C#N)CC4)CC3)cc2C1=O. The molecule has 2 saturated heterocycles. The van der Waals surface area contributed by atoms with E-state index in [-0.39, 0.29) is 19.6 Å². The molecule has 0 aliphatic carbocycles. The average molecular weight is 507 g/mol. The molecular weight excluding hydrogens is 469 g/mol. The number of aldehydes is 1. The third-order valence-corrected chi connectivity index (χ3v) is 7.60. The molecule has 1 atom stereocenters. The summed E-state index contributed by atoms with van der Waals surface area (Å²) in [5.74, 6) is 1.62. The molecule has 3 aliphatic rings. The first-order valence-corrected chi connectivity index (χ1v) is 13.5. The molecule has 1 aromatic carbocycles. The van der Waals surface area contributed by atoms with Crippen molar-refractivity contribution in [3.05, 3.63) is 29.3 Å². The van der Waals surface area contributed by atoms with Gasteiger partial charge in [0.25, 0.3) is 18.5 Å². The Morgan fingerprint density at radius 1 is 1.14 bits per heavy atom. The van der Waals surface area contributed by atoms with Crippen molar-refractivity contribution in [3.8, 4) is 5.97 Å². The maximum Gasteiger partial charge on any atom is 0.267 e. The van der Waals surface area contributed by atoms with Gasteiger partial charge < -0.3 is 15.0 Å². The maximum absolute atomic E-state index is 13.2. The number of hydrogen-bond donors (Lipinski definition) is 1. The first-order chi connectivity index (χ1) is 18.0. The molecule has 0 radical (unpaired) electrons. The second kappa shape index (κ2) is 13.4. The molecule has 1 aromatic rings. The minimum atomic E-state index is -1.01. The lowest BCUT2D eigenvalue weighted by atomic mass is 9.42. The van der Waals surface area contributed by atoms with Crippen LogP contribution in [0.25, 0.3) is 0 Å². The van der Waals surface area contributed by atoms with E-state index in [2.05, 4.69) is 21.1 Å². The number of nitrogens with zero attached hydrogens (tertiary/aromatic N) is 4.